The molecule has 0 radical (unpaired) electrons. The highest BCUT2D eigenvalue weighted by Crippen LogP contribution is 2.70. The molecule has 4 aliphatic rings. The summed E-state index contributed by atoms with van der Waals surface area (Å²) in [6.07, 6.45) is 17.0. The SMILES string of the molecule is C.CC1CCC2(C)C(CCC3(C)C4CCC(=O)C4(C)CCC23)C1.CCCC.CCCC. The molecule has 0 aromatic rings. The van der Waals surface area contributed by atoms with Gasteiger partial charge < -0.3 is 0 Å². The smallest absolute Gasteiger partial charge is 0.139 e. The molecule has 4 fully saturated rings. The fourth-order valence-corrected chi connectivity index (χ4v) is 7.92. The lowest BCUT2D eigenvalue weighted by molar-refractivity contribution is -0.168. The van der Waals surface area contributed by atoms with Gasteiger partial charge in [0.2, 0.25) is 0 Å². The van der Waals surface area contributed by atoms with E-state index in [0.29, 0.717) is 22.5 Å². The van der Waals surface area contributed by atoms with Gasteiger partial charge in [-0.2, -0.15) is 0 Å². The van der Waals surface area contributed by atoms with Gasteiger partial charge in [-0.3, -0.25) is 4.79 Å². The van der Waals surface area contributed by atoms with Gasteiger partial charge in [-0.1, -0.05) is 94.9 Å². The molecule has 184 valence electrons. The van der Waals surface area contributed by atoms with Crippen molar-refractivity contribution in [3.05, 3.63) is 0 Å². The molecule has 7 unspecified atom stereocenters. The minimum atomic E-state index is 0. The molecule has 1 heteroatoms. The number of carbonyl (C=O) groups excluding carboxylic acids is 1. The summed E-state index contributed by atoms with van der Waals surface area (Å²) in [4.78, 5) is 12.6. The normalized spacial score (nSPS) is 43.0. The molecule has 0 spiro atoms. The van der Waals surface area contributed by atoms with Gasteiger partial charge >= 0.3 is 0 Å². The highest BCUT2D eigenvalue weighted by molar-refractivity contribution is 5.87. The summed E-state index contributed by atoms with van der Waals surface area (Å²) in [6, 6.07) is 0. The Kier molecular flexibility index (Phi) is 10.8. The second-order valence-electron chi connectivity index (χ2n) is 12.1. The van der Waals surface area contributed by atoms with Gasteiger partial charge in [0.05, 0.1) is 0 Å². The van der Waals surface area contributed by atoms with Gasteiger partial charge in [0.1, 0.15) is 5.78 Å². The molecule has 0 heterocycles. The van der Waals surface area contributed by atoms with Crippen molar-refractivity contribution in [1.82, 2.24) is 0 Å². The zero-order valence-corrected chi connectivity index (χ0v) is 21.9. The molecule has 4 rings (SSSR count). The predicted molar refractivity (Wildman–Crippen MR) is 138 cm³/mol. The van der Waals surface area contributed by atoms with Crippen molar-refractivity contribution >= 4 is 5.78 Å². The van der Waals surface area contributed by atoms with Crippen molar-refractivity contribution in [3.8, 4) is 0 Å². The molecule has 4 aliphatic carbocycles. The summed E-state index contributed by atoms with van der Waals surface area (Å²) in [5, 5.41) is 0. The third kappa shape index (κ3) is 5.43. The van der Waals surface area contributed by atoms with Crippen LogP contribution in [0.4, 0.5) is 0 Å². The first-order chi connectivity index (χ1) is 14.1. The summed E-state index contributed by atoms with van der Waals surface area (Å²) in [7, 11) is 0. The molecule has 31 heavy (non-hydrogen) atoms. The minimum absolute atomic E-state index is 0. The Hall–Kier alpha value is -0.330. The Labute approximate surface area is 196 Å². The molecule has 4 saturated carbocycles. The number of carbonyl (C=O) groups is 1. The maximum absolute atomic E-state index is 12.6. The van der Waals surface area contributed by atoms with Crippen LogP contribution in [-0.2, 0) is 4.79 Å². The molecule has 0 saturated heterocycles. The Morgan fingerprint density at radius 1 is 0.742 bits per heavy atom. The van der Waals surface area contributed by atoms with Crippen molar-refractivity contribution in [3.63, 3.8) is 0 Å². The standard InChI is InChI=1S/C21H34O.2C4H10.CH4/c1-14-7-10-19(2)15(13-14)8-11-20(3)16-5-6-18(22)21(16,4)12-9-17(19)20;2*1-3-4-2;/h14-17H,5-13H2,1-4H3;2*3-4H2,1-2H3;1H4. The summed E-state index contributed by atoms with van der Waals surface area (Å²) in [5.74, 6) is 4.01. The molecule has 0 N–H and O–H groups in total. The van der Waals surface area contributed by atoms with Crippen LogP contribution in [0.1, 0.15) is 146 Å². The van der Waals surface area contributed by atoms with Gasteiger partial charge in [-0.25, -0.2) is 0 Å². The van der Waals surface area contributed by atoms with Gasteiger partial charge in [0, 0.05) is 11.8 Å². The summed E-state index contributed by atoms with van der Waals surface area (Å²) >= 11 is 0. The molecule has 7 atom stereocenters. The van der Waals surface area contributed by atoms with Crippen molar-refractivity contribution in [1.29, 1.82) is 0 Å². The van der Waals surface area contributed by atoms with Crippen molar-refractivity contribution in [2.75, 3.05) is 0 Å². The van der Waals surface area contributed by atoms with Crippen LogP contribution in [0, 0.1) is 39.9 Å². The van der Waals surface area contributed by atoms with Gasteiger partial charge in [-0.05, 0) is 79.4 Å². The van der Waals surface area contributed by atoms with Gasteiger partial charge in [-0.15, -0.1) is 0 Å². The van der Waals surface area contributed by atoms with E-state index >= 15 is 0 Å². The quantitative estimate of drug-likeness (QED) is 0.422. The van der Waals surface area contributed by atoms with E-state index in [0.717, 1.165) is 24.2 Å². The van der Waals surface area contributed by atoms with Crippen LogP contribution in [0.3, 0.4) is 0 Å². The van der Waals surface area contributed by atoms with Crippen LogP contribution in [0.25, 0.3) is 0 Å². The largest absolute Gasteiger partial charge is 0.299 e. The van der Waals surface area contributed by atoms with E-state index in [1.807, 2.05) is 0 Å². The molecule has 0 aromatic carbocycles. The van der Waals surface area contributed by atoms with E-state index in [9.17, 15) is 4.79 Å². The van der Waals surface area contributed by atoms with Crippen LogP contribution >= 0.6 is 0 Å². The fraction of sp³-hybridized carbons (Fsp3) is 0.967. The summed E-state index contributed by atoms with van der Waals surface area (Å²) in [6.45, 7) is 18.7. The zero-order valence-electron chi connectivity index (χ0n) is 21.9. The number of fused-ring (bicyclic) bond motifs is 5. The van der Waals surface area contributed by atoms with E-state index in [1.54, 1.807) is 0 Å². The first kappa shape index (κ1) is 28.7. The maximum Gasteiger partial charge on any atom is 0.139 e. The monoisotopic (exact) mass is 434 g/mol. The third-order valence-electron chi connectivity index (χ3n) is 10.2. The summed E-state index contributed by atoms with van der Waals surface area (Å²) in [5.41, 5.74) is 1.02. The third-order valence-corrected chi connectivity index (χ3v) is 10.2. The predicted octanol–water partition coefficient (Wildman–Crippen LogP) is 9.87. The van der Waals surface area contributed by atoms with Crippen LogP contribution in [0.15, 0.2) is 0 Å². The minimum Gasteiger partial charge on any atom is -0.299 e. The van der Waals surface area contributed by atoms with E-state index in [1.165, 1.54) is 77.0 Å². The van der Waals surface area contributed by atoms with Gasteiger partial charge in [0.15, 0.2) is 0 Å². The van der Waals surface area contributed by atoms with Crippen LogP contribution in [0.5, 0.6) is 0 Å². The van der Waals surface area contributed by atoms with Crippen molar-refractivity contribution in [2.45, 2.75) is 146 Å². The Morgan fingerprint density at radius 3 is 1.84 bits per heavy atom. The molecular weight excluding hydrogens is 376 g/mol. The van der Waals surface area contributed by atoms with Crippen LogP contribution in [-0.4, -0.2) is 5.78 Å². The lowest BCUT2D eigenvalue weighted by Crippen LogP contribution is -2.58. The second kappa shape index (κ2) is 11.7. The number of hydrogen-bond acceptors (Lipinski definition) is 1. The Bertz CT molecular complexity index is 545. The number of ketones is 1. The number of rotatable bonds is 2. The molecule has 0 aliphatic heterocycles. The summed E-state index contributed by atoms with van der Waals surface area (Å²) < 4.78 is 0. The molecule has 1 nitrogen and oxygen atoms in total. The average molecular weight is 435 g/mol. The Balaban J connectivity index is 0.000000465. The molecule has 0 amide bonds. The highest BCUT2D eigenvalue weighted by atomic mass is 16.1. The lowest BCUT2D eigenvalue weighted by Gasteiger charge is -2.65. The van der Waals surface area contributed by atoms with Crippen LogP contribution < -0.4 is 0 Å². The molecular formula is C30H58O. The first-order valence-electron chi connectivity index (χ1n) is 13.7. The van der Waals surface area contributed by atoms with E-state index < -0.39 is 0 Å². The lowest BCUT2D eigenvalue weighted by atomic mass is 9.39. The molecule has 0 aromatic heterocycles. The van der Waals surface area contributed by atoms with Crippen molar-refractivity contribution < 1.29 is 4.79 Å². The second-order valence-corrected chi connectivity index (χ2v) is 12.1. The Morgan fingerprint density at radius 2 is 1.29 bits per heavy atom. The van der Waals surface area contributed by atoms with Crippen LogP contribution in [0.2, 0.25) is 0 Å². The first-order valence-corrected chi connectivity index (χ1v) is 13.7. The highest BCUT2D eigenvalue weighted by Gasteiger charge is 2.64. The number of unbranched alkanes of at least 4 members (excludes halogenated alkanes) is 2. The van der Waals surface area contributed by atoms with Crippen molar-refractivity contribution in [2.24, 2.45) is 39.9 Å². The maximum atomic E-state index is 12.6. The van der Waals surface area contributed by atoms with E-state index in [4.69, 9.17) is 0 Å². The topological polar surface area (TPSA) is 17.1 Å². The number of hydrogen-bond donors (Lipinski definition) is 0. The van der Waals surface area contributed by atoms with E-state index in [2.05, 4.69) is 55.4 Å². The van der Waals surface area contributed by atoms with E-state index in [-0.39, 0.29) is 12.8 Å². The fourth-order valence-electron chi connectivity index (χ4n) is 7.92. The zero-order chi connectivity index (χ0) is 22.6. The van der Waals surface area contributed by atoms with Gasteiger partial charge in [0.25, 0.3) is 0 Å². The number of Topliss-reactive ketones (excluding diaryl/α,β-unsaturated/α-hetero) is 1. The molecule has 0 bridgehead atoms. The average Bonchev–Trinajstić information content (AvgIpc) is 3.04.